The van der Waals surface area contributed by atoms with Crippen LogP contribution in [0.5, 0.6) is 5.75 Å². The molecule has 2 rings (SSSR count). The summed E-state index contributed by atoms with van der Waals surface area (Å²) in [6.45, 7) is 3.22. The average molecular weight is 355 g/mol. The number of nitrogens with one attached hydrogen (secondary N) is 1. The van der Waals surface area contributed by atoms with Gasteiger partial charge in [0.05, 0.1) is 6.54 Å². The van der Waals surface area contributed by atoms with Crippen molar-refractivity contribution in [3.05, 3.63) is 28.7 Å². The monoisotopic (exact) mass is 354 g/mol. The van der Waals surface area contributed by atoms with E-state index in [1.807, 2.05) is 31.3 Å². The van der Waals surface area contributed by atoms with Crippen LogP contribution in [0.1, 0.15) is 19.3 Å². The molecule has 116 valence electrons. The lowest BCUT2D eigenvalue weighted by Crippen LogP contribution is -2.35. The van der Waals surface area contributed by atoms with E-state index >= 15 is 0 Å². The van der Waals surface area contributed by atoms with Gasteiger partial charge in [0.1, 0.15) is 12.4 Å². The van der Waals surface area contributed by atoms with E-state index in [0.717, 1.165) is 36.2 Å². The normalized spacial score (nSPS) is 15.7. The van der Waals surface area contributed by atoms with Crippen LogP contribution in [0.3, 0.4) is 0 Å². The molecule has 1 amide bonds. The zero-order chi connectivity index (χ0) is 15.1. The van der Waals surface area contributed by atoms with Gasteiger partial charge in [0.2, 0.25) is 5.91 Å². The number of halogens is 1. The van der Waals surface area contributed by atoms with Gasteiger partial charge in [0.15, 0.2) is 0 Å². The minimum absolute atomic E-state index is 0.223. The van der Waals surface area contributed by atoms with Gasteiger partial charge in [-0.05, 0) is 56.1 Å². The summed E-state index contributed by atoms with van der Waals surface area (Å²) < 4.78 is 6.68. The van der Waals surface area contributed by atoms with Crippen molar-refractivity contribution in [2.24, 2.45) is 5.92 Å². The SMILES string of the molecule is CN(CCOc1ccc(Br)cc1)C(=O)CC1CCNCC1. The van der Waals surface area contributed by atoms with Crippen molar-refractivity contribution in [1.82, 2.24) is 10.2 Å². The highest BCUT2D eigenvalue weighted by molar-refractivity contribution is 9.10. The lowest BCUT2D eigenvalue weighted by atomic mass is 9.94. The van der Waals surface area contributed by atoms with Crippen LogP contribution in [-0.4, -0.2) is 44.1 Å². The van der Waals surface area contributed by atoms with Crippen molar-refractivity contribution in [2.75, 3.05) is 33.3 Å². The van der Waals surface area contributed by atoms with Gasteiger partial charge in [-0.3, -0.25) is 4.79 Å². The van der Waals surface area contributed by atoms with E-state index in [-0.39, 0.29) is 5.91 Å². The third-order valence-corrected chi connectivity index (χ3v) is 4.39. The van der Waals surface area contributed by atoms with Gasteiger partial charge in [-0.15, -0.1) is 0 Å². The van der Waals surface area contributed by atoms with Crippen molar-refractivity contribution in [3.63, 3.8) is 0 Å². The molecule has 0 atom stereocenters. The van der Waals surface area contributed by atoms with E-state index in [1.54, 1.807) is 4.90 Å². The van der Waals surface area contributed by atoms with Gasteiger partial charge in [0.25, 0.3) is 0 Å². The third-order valence-electron chi connectivity index (χ3n) is 3.86. The van der Waals surface area contributed by atoms with Crippen LogP contribution in [0, 0.1) is 5.92 Å². The number of carbonyl (C=O) groups excluding carboxylic acids is 1. The Bertz CT molecular complexity index is 444. The van der Waals surface area contributed by atoms with Gasteiger partial charge in [-0.2, -0.15) is 0 Å². The molecule has 1 saturated heterocycles. The van der Waals surface area contributed by atoms with E-state index in [1.165, 1.54) is 0 Å². The molecule has 0 unspecified atom stereocenters. The number of benzene rings is 1. The Morgan fingerprint density at radius 2 is 2.00 bits per heavy atom. The third kappa shape index (κ3) is 5.67. The zero-order valence-corrected chi connectivity index (χ0v) is 14.1. The second-order valence-corrected chi connectivity index (χ2v) is 6.43. The molecule has 0 bridgehead atoms. The Kier molecular flexibility index (Phi) is 6.51. The summed E-state index contributed by atoms with van der Waals surface area (Å²) in [5.41, 5.74) is 0. The number of ether oxygens (including phenoxy) is 1. The first-order valence-corrected chi connectivity index (χ1v) is 8.27. The quantitative estimate of drug-likeness (QED) is 0.853. The number of carbonyl (C=O) groups is 1. The molecule has 0 saturated carbocycles. The molecule has 1 aromatic carbocycles. The number of rotatable bonds is 6. The van der Waals surface area contributed by atoms with E-state index in [2.05, 4.69) is 21.2 Å². The number of likely N-dealkylation sites (N-methyl/N-ethyl adjacent to an activating group) is 1. The van der Waals surface area contributed by atoms with Gasteiger partial charge < -0.3 is 15.0 Å². The van der Waals surface area contributed by atoms with Gasteiger partial charge in [0, 0.05) is 17.9 Å². The number of amides is 1. The molecule has 1 heterocycles. The summed E-state index contributed by atoms with van der Waals surface area (Å²) in [6, 6.07) is 7.73. The molecule has 5 heteroatoms. The molecule has 1 aliphatic heterocycles. The average Bonchev–Trinajstić information content (AvgIpc) is 2.50. The molecular formula is C16H23BrN2O2. The number of hydrogen-bond donors (Lipinski definition) is 1. The second-order valence-electron chi connectivity index (χ2n) is 5.52. The summed E-state index contributed by atoms with van der Waals surface area (Å²) >= 11 is 3.39. The Morgan fingerprint density at radius 3 is 2.67 bits per heavy atom. The van der Waals surface area contributed by atoms with Crippen LogP contribution < -0.4 is 10.1 Å². The fraction of sp³-hybridized carbons (Fsp3) is 0.562. The van der Waals surface area contributed by atoms with E-state index in [4.69, 9.17) is 4.74 Å². The summed E-state index contributed by atoms with van der Waals surface area (Å²) in [5, 5.41) is 3.33. The second kappa shape index (κ2) is 8.39. The van der Waals surface area contributed by atoms with E-state index < -0.39 is 0 Å². The largest absolute Gasteiger partial charge is 0.492 e. The molecule has 0 aliphatic carbocycles. The maximum absolute atomic E-state index is 12.1. The van der Waals surface area contributed by atoms with Crippen molar-refractivity contribution in [2.45, 2.75) is 19.3 Å². The van der Waals surface area contributed by atoms with Gasteiger partial charge >= 0.3 is 0 Å². The molecule has 1 fully saturated rings. The zero-order valence-electron chi connectivity index (χ0n) is 12.5. The lowest BCUT2D eigenvalue weighted by molar-refractivity contribution is -0.131. The Morgan fingerprint density at radius 1 is 1.33 bits per heavy atom. The molecule has 0 radical (unpaired) electrons. The van der Waals surface area contributed by atoms with E-state index in [0.29, 0.717) is 25.5 Å². The highest BCUT2D eigenvalue weighted by Crippen LogP contribution is 2.17. The summed E-state index contributed by atoms with van der Waals surface area (Å²) in [6.07, 6.45) is 2.88. The Hall–Kier alpha value is -1.07. The first-order valence-electron chi connectivity index (χ1n) is 7.48. The van der Waals surface area contributed by atoms with Crippen LogP contribution in [0.15, 0.2) is 28.7 Å². The van der Waals surface area contributed by atoms with Crippen LogP contribution >= 0.6 is 15.9 Å². The van der Waals surface area contributed by atoms with Gasteiger partial charge in [-0.1, -0.05) is 15.9 Å². The highest BCUT2D eigenvalue weighted by Gasteiger charge is 2.18. The van der Waals surface area contributed by atoms with Crippen LogP contribution in [0.2, 0.25) is 0 Å². The highest BCUT2D eigenvalue weighted by atomic mass is 79.9. The molecular weight excluding hydrogens is 332 g/mol. The van der Waals surface area contributed by atoms with Crippen LogP contribution in [0.25, 0.3) is 0 Å². The predicted octanol–water partition coefficient (Wildman–Crippen LogP) is 2.68. The van der Waals surface area contributed by atoms with Crippen molar-refractivity contribution >= 4 is 21.8 Å². The first kappa shape index (κ1) is 16.3. The van der Waals surface area contributed by atoms with E-state index in [9.17, 15) is 4.79 Å². The first-order chi connectivity index (χ1) is 10.1. The topological polar surface area (TPSA) is 41.6 Å². The Labute approximate surface area is 135 Å². The standard InChI is InChI=1S/C16H23BrN2O2/c1-19(16(20)12-13-6-8-18-9-7-13)10-11-21-15-4-2-14(17)3-5-15/h2-5,13,18H,6-12H2,1H3. The summed E-state index contributed by atoms with van der Waals surface area (Å²) in [5.74, 6) is 1.59. The number of nitrogens with zero attached hydrogens (tertiary/aromatic N) is 1. The smallest absolute Gasteiger partial charge is 0.222 e. The summed E-state index contributed by atoms with van der Waals surface area (Å²) in [4.78, 5) is 13.9. The fourth-order valence-corrected chi connectivity index (χ4v) is 2.71. The molecule has 1 N–H and O–H groups in total. The molecule has 1 aliphatic rings. The van der Waals surface area contributed by atoms with Crippen molar-refractivity contribution in [1.29, 1.82) is 0 Å². The number of hydrogen-bond acceptors (Lipinski definition) is 3. The number of piperidine rings is 1. The van der Waals surface area contributed by atoms with Crippen molar-refractivity contribution < 1.29 is 9.53 Å². The maximum Gasteiger partial charge on any atom is 0.222 e. The minimum atomic E-state index is 0.223. The summed E-state index contributed by atoms with van der Waals surface area (Å²) in [7, 11) is 1.86. The molecule has 4 nitrogen and oxygen atoms in total. The maximum atomic E-state index is 12.1. The fourth-order valence-electron chi connectivity index (χ4n) is 2.44. The van der Waals surface area contributed by atoms with Crippen LogP contribution in [-0.2, 0) is 4.79 Å². The molecule has 0 spiro atoms. The van der Waals surface area contributed by atoms with Crippen LogP contribution in [0.4, 0.5) is 0 Å². The lowest BCUT2D eigenvalue weighted by Gasteiger charge is -2.25. The van der Waals surface area contributed by atoms with Crippen molar-refractivity contribution in [3.8, 4) is 5.75 Å². The minimum Gasteiger partial charge on any atom is -0.492 e. The van der Waals surface area contributed by atoms with Gasteiger partial charge in [-0.25, -0.2) is 0 Å². The Balaban J connectivity index is 1.67. The molecule has 21 heavy (non-hydrogen) atoms. The molecule has 0 aromatic heterocycles. The molecule has 1 aromatic rings. The predicted molar refractivity (Wildman–Crippen MR) is 87.5 cm³/mol.